The van der Waals surface area contributed by atoms with Crippen LogP contribution >= 0.6 is 0 Å². The van der Waals surface area contributed by atoms with Gasteiger partial charge in [-0.3, -0.25) is 9.78 Å². The van der Waals surface area contributed by atoms with Crippen LogP contribution in [0.1, 0.15) is 0 Å². The first-order valence-electron chi connectivity index (χ1n) is 6.79. The van der Waals surface area contributed by atoms with Crippen LogP contribution in [0.3, 0.4) is 0 Å². The predicted molar refractivity (Wildman–Crippen MR) is 78.0 cm³/mol. The van der Waals surface area contributed by atoms with Crippen molar-refractivity contribution in [3.63, 3.8) is 0 Å². The molecule has 2 aromatic heterocycles. The number of anilines is 1. The van der Waals surface area contributed by atoms with E-state index < -0.39 is 6.10 Å². The average Bonchev–Trinajstić information content (AvgIpc) is 2.53. The van der Waals surface area contributed by atoms with E-state index in [0.29, 0.717) is 19.7 Å². The van der Waals surface area contributed by atoms with E-state index in [1.54, 1.807) is 31.4 Å². The molecule has 110 valence electrons. The fourth-order valence-corrected chi connectivity index (χ4v) is 2.42. The molecular formula is C14H17N5O2. The predicted octanol–water partition coefficient (Wildman–Crippen LogP) is 0.318. The van der Waals surface area contributed by atoms with Crippen LogP contribution in [-0.4, -0.2) is 65.7 Å². The minimum absolute atomic E-state index is 0.0280. The van der Waals surface area contributed by atoms with Crippen molar-refractivity contribution in [1.82, 2.24) is 19.9 Å². The molecule has 0 radical (unpaired) electrons. The summed E-state index contributed by atoms with van der Waals surface area (Å²) >= 11 is 0. The van der Waals surface area contributed by atoms with Crippen LogP contribution in [0.4, 0.5) is 5.82 Å². The van der Waals surface area contributed by atoms with Crippen molar-refractivity contribution in [2.45, 2.75) is 6.10 Å². The highest BCUT2D eigenvalue weighted by atomic mass is 16.5. The second-order valence-corrected chi connectivity index (χ2v) is 5.13. The molecule has 0 bridgehead atoms. The Kier molecular flexibility index (Phi) is 3.66. The lowest BCUT2D eigenvalue weighted by atomic mass is 10.2. The number of pyridine rings is 1. The molecule has 21 heavy (non-hydrogen) atoms. The van der Waals surface area contributed by atoms with E-state index in [1.165, 1.54) is 6.33 Å². The Morgan fingerprint density at radius 3 is 3.10 bits per heavy atom. The molecule has 1 atom stereocenters. The molecule has 1 unspecified atom stereocenters. The number of likely N-dealkylation sites (N-methyl/N-ethyl adjacent to an activating group) is 1. The molecule has 3 heterocycles. The van der Waals surface area contributed by atoms with Gasteiger partial charge in [-0.15, -0.1) is 0 Å². The number of aromatic nitrogens is 3. The molecule has 1 aliphatic rings. The van der Waals surface area contributed by atoms with Gasteiger partial charge in [-0.25, -0.2) is 9.97 Å². The quantitative estimate of drug-likeness (QED) is 0.792. The van der Waals surface area contributed by atoms with E-state index in [-0.39, 0.29) is 5.91 Å². The van der Waals surface area contributed by atoms with E-state index in [4.69, 9.17) is 4.74 Å². The molecule has 1 aliphatic heterocycles. The summed E-state index contributed by atoms with van der Waals surface area (Å²) in [5.74, 6) is 0.794. The normalized spacial score (nSPS) is 18.8. The van der Waals surface area contributed by atoms with Crippen molar-refractivity contribution < 1.29 is 9.53 Å². The van der Waals surface area contributed by atoms with Gasteiger partial charge >= 0.3 is 0 Å². The third kappa shape index (κ3) is 2.64. The number of hydrogen-bond acceptors (Lipinski definition) is 6. The number of carbonyl (C=O) groups is 1. The Labute approximate surface area is 122 Å². The van der Waals surface area contributed by atoms with Gasteiger partial charge < -0.3 is 14.5 Å². The summed E-state index contributed by atoms with van der Waals surface area (Å²) in [5, 5.41) is 0.936. The Hall–Kier alpha value is -2.28. The van der Waals surface area contributed by atoms with Crippen molar-refractivity contribution in [1.29, 1.82) is 0 Å². The third-order valence-corrected chi connectivity index (χ3v) is 3.50. The number of morpholine rings is 1. The Morgan fingerprint density at radius 2 is 2.29 bits per heavy atom. The van der Waals surface area contributed by atoms with Gasteiger partial charge in [0, 0.05) is 32.2 Å². The van der Waals surface area contributed by atoms with Crippen molar-refractivity contribution in [3.05, 3.63) is 24.8 Å². The van der Waals surface area contributed by atoms with E-state index in [9.17, 15) is 4.79 Å². The Morgan fingerprint density at radius 1 is 1.43 bits per heavy atom. The largest absolute Gasteiger partial charge is 0.365 e. The maximum Gasteiger partial charge on any atom is 0.253 e. The highest BCUT2D eigenvalue weighted by molar-refractivity contribution is 5.89. The number of hydrogen-bond donors (Lipinski definition) is 0. The summed E-state index contributed by atoms with van der Waals surface area (Å²) in [4.78, 5) is 28.3. The molecule has 0 aliphatic carbocycles. The third-order valence-electron chi connectivity index (χ3n) is 3.50. The average molecular weight is 287 g/mol. The number of amides is 1. The van der Waals surface area contributed by atoms with Crippen LogP contribution < -0.4 is 4.90 Å². The number of fused-ring (bicyclic) bond motifs is 1. The monoisotopic (exact) mass is 287 g/mol. The van der Waals surface area contributed by atoms with Crippen molar-refractivity contribution in [2.24, 2.45) is 0 Å². The van der Waals surface area contributed by atoms with Crippen molar-refractivity contribution in [2.75, 3.05) is 38.7 Å². The molecule has 1 amide bonds. The first-order chi connectivity index (χ1) is 10.2. The van der Waals surface area contributed by atoms with Crippen LogP contribution in [0.15, 0.2) is 24.8 Å². The standard InChI is InChI=1S/C14H17N5O2/c1-18(2)14(20)12-8-19(5-6-21-12)13-10-3-4-15-7-11(10)16-9-17-13/h3-4,7,9,12H,5-6,8H2,1-2H3. The first-order valence-corrected chi connectivity index (χ1v) is 6.79. The van der Waals surface area contributed by atoms with Gasteiger partial charge in [0.05, 0.1) is 24.9 Å². The summed E-state index contributed by atoms with van der Waals surface area (Å²) in [5.41, 5.74) is 0.796. The second-order valence-electron chi connectivity index (χ2n) is 5.13. The molecule has 3 rings (SSSR count). The molecule has 0 saturated carbocycles. The number of ether oxygens (including phenoxy) is 1. The van der Waals surface area contributed by atoms with Crippen LogP contribution in [0.5, 0.6) is 0 Å². The Bertz CT molecular complexity index is 655. The fraction of sp³-hybridized carbons (Fsp3) is 0.429. The number of carbonyl (C=O) groups excluding carboxylic acids is 1. The fourth-order valence-electron chi connectivity index (χ4n) is 2.42. The highest BCUT2D eigenvalue weighted by Crippen LogP contribution is 2.23. The summed E-state index contributed by atoms with van der Waals surface area (Å²) in [6.45, 7) is 1.69. The van der Waals surface area contributed by atoms with E-state index in [2.05, 4.69) is 19.9 Å². The maximum absolute atomic E-state index is 12.1. The van der Waals surface area contributed by atoms with Gasteiger partial charge in [-0.2, -0.15) is 0 Å². The number of rotatable bonds is 2. The summed E-state index contributed by atoms with van der Waals surface area (Å²) in [7, 11) is 3.47. The summed E-state index contributed by atoms with van der Waals surface area (Å²) < 4.78 is 5.58. The lowest BCUT2D eigenvalue weighted by Crippen LogP contribution is -2.49. The van der Waals surface area contributed by atoms with Crippen molar-refractivity contribution >= 4 is 22.6 Å². The highest BCUT2D eigenvalue weighted by Gasteiger charge is 2.29. The molecule has 1 saturated heterocycles. The summed E-state index contributed by atoms with van der Waals surface area (Å²) in [6, 6.07) is 1.89. The zero-order valence-electron chi connectivity index (χ0n) is 12.1. The molecule has 0 aromatic carbocycles. The van der Waals surface area contributed by atoms with Crippen LogP contribution in [-0.2, 0) is 9.53 Å². The smallest absolute Gasteiger partial charge is 0.253 e. The van der Waals surface area contributed by atoms with E-state index in [1.807, 2.05) is 6.07 Å². The lowest BCUT2D eigenvalue weighted by Gasteiger charge is -2.34. The van der Waals surface area contributed by atoms with E-state index in [0.717, 1.165) is 16.7 Å². The van der Waals surface area contributed by atoms with Crippen LogP contribution in [0, 0.1) is 0 Å². The molecule has 7 nitrogen and oxygen atoms in total. The molecule has 7 heteroatoms. The van der Waals surface area contributed by atoms with Gasteiger partial charge in [-0.05, 0) is 6.07 Å². The van der Waals surface area contributed by atoms with Gasteiger partial charge in [0.2, 0.25) is 0 Å². The first kappa shape index (κ1) is 13.7. The minimum Gasteiger partial charge on any atom is -0.365 e. The maximum atomic E-state index is 12.1. The summed E-state index contributed by atoms with van der Waals surface area (Å²) in [6.07, 6.45) is 4.50. The Balaban J connectivity index is 1.90. The van der Waals surface area contributed by atoms with Crippen molar-refractivity contribution in [3.8, 4) is 0 Å². The lowest BCUT2D eigenvalue weighted by molar-refractivity contribution is -0.141. The second kappa shape index (κ2) is 5.61. The molecule has 0 spiro atoms. The zero-order valence-corrected chi connectivity index (χ0v) is 12.1. The molecule has 0 N–H and O–H groups in total. The minimum atomic E-state index is -0.458. The van der Waals surface area contributed by atoms with E-state index >= 15 is 0 Å². The molecule has 1 fully saturated rings. The van der Waals surface area contributed by atoms with Gasteiger partial charge in [0.25, 0.3) is 5.91 Å². The number of nitrogens with zero attached hydrogens (tertiary/aromatic N) is 5. The topological polar surface area (TPSA) is 71.5 Å². The van der Waals surface area contributed by atoms with Gasteiger partial charge in [0.15, 0.2) is 6.10 Å². The SMILES string of the molecule is CN(C)C(=O)C1CN(c2ncnc3cnccc23)CCO1. The van der Waals surface area contributed by atoms with Gasteiger partial charge in [-0.1, -0.05) is 0 Å². The molecule has 2 aromatic rings. The van der Waals surface area contributed by atoms with Gasteiger partial charge in [0.1, 0.15) is 12.1 Å². The van der Waals surface area contributed by atoms with Crippen LogP contribution in [0.2, 0.25) is 0 Å². The van der Waals surface area contributed by atoms with Crippen LogP contribution in [0.25, 0.3) is 10.9 Å². The molecular weight excluding hydrogens is 270 g/mol. The zero-order chi connectivity index (χ0) is 14.8.